The Morgan fingerprint density at radius 2 is 1.80 bits per heavy atom. The van der Waals surface area contributed by atoms with Gasteiger partial charge in [0.05, 0.1) is 6.20 Å². The summed E-state index contributed by atoms with van der Waals surface area (Å²) in [5.41, 5.74) is -5.44. The van der Waals surface area contributed by atoms with Gasteiger partial charge in [-0.2, -0.15) is 21.6 Å². The summed E-state index contributed by atoms with van der Waals surface area (Å²) in [4.78, 5) is 10.9. The minimum Gasteiger partial charge on any atom is -0.477 e. The molecule has 0 spiro atoms. The minimum atomic E-state index is -5.80. The van der Waals surface area contributed by atoms with Crippen molar-refractivity contribution in [3.63, 3.8) is 0 Å². The molecule has 0 aliphatic carbocycles. The van der Waals surface area contributed by atoms with Crippen LogP contribution in [0.1, 0.15) is 10.5 Å². The predicted octanol–water partition coefficient (Wildman–Crippen LogP) is 1.87. The highest BCUT2D eigenvalue weighted by Gasteiger charge is 2.48. The zero-order chi connectivity index (χ0) is 15.1. The molecule has 2 rings (SSSR count). The van der Waals surface area contributed by atoms with Gasteiger partial charge in [0, 0.05) is 5.52 Å². The standard InChI is InChI=1S/C10H6F3NO5S/c11-10(12,13)20(17,18)19-7-3-1-6-2-4-8(9(15)16)14(6)5-7/h1-5H,(H,15,16). The molecule has 0 saturated carbocycles. The average Bonchev–Trinajstić information content (AvgIpc) is 2.69. The number of carboxylic acid groups (broad SMARTS) is 1. The Hall–Kier alpha value is -2.23. The summed E-state index contributed by atoms with van der Waals surface area (Å²) in [5.74, 6) is -1.96. The molecular weight excluding hydrogens is 303 g/mol. The third kappa shape index (κ3) is 2.41. The molecule has 0 aliphatic rings. The second kappa shape index (κ2) is 4.40. The van der Waals surface area contributed by atoms with E-state index in [-0.39, 0.29) is 5.69 Å². The zero-order valence-corrected chi connectivity index (χ0v) is 10.3. The van der Waals surface area contributed by atoms with Crippen molar-refractivity contribution in [1.82, 2.24) is 4.40 Å². The first-order chi connectivity index (χ1) is 9.12. The second-order valence-electron chi connectivity index (χ2n) is 3.67. The van der Waals surface area contributed by atoms with Crippen LogP contribution in [0.25, 0.3) is 5.52 Å². The monoisotopic (exact) mass is 309 g/mol. The van der Waals surface area contributed by atoms with E-state index in [0.717, 1.165) is 16.7 Å². The van der Waals surface area contributed by atoms with Gasteiger partial charge in [0.2, 0.25) is 0 Å². The Morgan fingerprint density at radius 3 is 2.35 bits per heavy atom. The number of alkyl halides is 3. The van der Waals surface area contributed by atoms with Crippen molar-refractivity contribution in [2.24, 2.45) is 0 Å². The molecule has 0 saturated heterocycles. The van der Waals surface area contributed by atoms with Crippen LogP contribution in [0.4, 0.5) is 13.2 Å². The number of carbonyl (C=O) groups is 1. The maximum Gasteiger partial charge on any atom is 0.534 e. The van der Waals surface area contributed by atoms with Gasteiger partial charge in [-0.05, 0) is 24.3 Å². The van der Waals surface area contributed by atoms with E-state index in [4.69, 9.17) is 5.11 Å². The highest BCUT2D eigenvalue weighted by molar-refractivity contribution is 7.87. The smallest absolute Gasteiger partial charge is 0.477 e. The molecule has 0 atom stereocenters. The number of hydrogen-bond acceptors (Lipinski definition) is 4. The van der Waals surface area contributed by atoms with E-state index in [9.17, 15) is 26.4 Å². The number of aromatic carboxylic acids is 1. The lowest BCUT2D eigenvalue weighted by atomic mass is 10.4. The van der Waals surface area contributed by atoms with E-state index in [2.05, 4.69) is 4.18 Å². The lowest BCUT2D eigenvalue weighted by Gasteiger charge is -2.10. The molecule has 1 N–H and O–H groups in total. The summed E-state index contributed by atoms with van der Waals surface area (Å²) in [7, 11) is -5.80. The van der Waals surface area contributed by atoms with Gasteiger partial charge in [-0.1, -0.05) is 0 Å². The fourth-order valence-electron chi connectivity index (χ4n) is 1.48. The number of carboxylic acids is 1. The molecule has 2 aromatic rings. The number of halogens is 3. The molecule has 0 amide bonds. The van der Waals surface area contributed by atoms with Crippen LogP contribution in [0.2, 0.25) is 0 Å². The number of aromatic nitrogens is 1. The van der Waals surface area contributed by atoms with E-state index >= 15 is 0 Å². The Bertz CT molecular complexity index is 778. The Balaban J connectivity index is 2.47. The summed E-state index contributed by atoms with van der Waals surface area (Å²) in [6, 6.07) is 4.85. The first kappa shape index (κ1) is 14.2. The SMILES string of the molecule is O=C(O)c1ccc2ccc(OS(=O)(=O)C(F)(F)F)cn12. The quantitative estimate of drug-likeness (QED) is 0.691. The maximum atomic E-state index is 12.2. The van der Waals surface area contributed by atoms with E-state index in [1.54, 1.807) is 0 Å². The highest BCUT2D eigenvalue weighted by Crippen LogP contribution is 2.27. The normalized spacial score (nSPS) is 12.6. The van der Waals surface area contributed by atoms with Gasteiger partial charge in [0.1, 0.15) is 5.69 Å². The Labute approximate surface area is 110 Å². The molecule has 0 fully saturated rings. The highest BCUT2D eigenvalue weighted by atomic mass is 32.2. The van der Waals surface area contributed by atoms with E-state index in [0.29, 0.717) is 5.52 Å². The zero-order valence-electron chi connectivity index (χ0n) is 9.46. The lowest BCUT2D eigenvalue weighted by Crippen LogP contribution is -2.28. The molecule has 10 heteroatoms. The van der Waals surface area contributed by atoms with Gasteiger partial charge in [-0.15, -0.1) is 0 Å². The third-order valence-electron chi connectivity index (χ3n) is 2.33. The van der Waals surface area contributed by atoms with Crippen LogP contribution in [0.15, 0.2) is 30.5 Å². The summed E-state index contributed by atoms with van der Waals surface area (Å²) in [6.07, 6.45) is 0.849. The van der Waals surface area contributed by atoms with Crippen molar-refractivity contribution in [1.29, 1.82) is 0 Å². The molecule has 0 bridgehead atoms. The predicted molar refractivity (Wildman–Crippen MR) is 60.0 cm³/mol. The molecule has 2 heterocycles. The Morgan fingerprint density at radius 1 is 1.20 bits per heavy atom. The fourth-order valence-corrected chi connectivity index (χ4v) is 1.93. The van der Waals surface area contributed by atoms with Gasteiger partial charge in [-0.3, -0.25) is 0 Å². The molecule has 108 valence electrons. The van der Waals surface area contributed by atoms with Gasteiger partial charge < -0.3 is 13.7 Å². The van der Waals surface area contributed by atoms with E-state index < -0.39 is 27.3 Å². The number of nitrogens with zero attached hydrogens (tertiary/aromatic N) is 1. The van der Waals surface area contributed by atoms with E-state index in [1.807, 2.05) is 0 Å². The van der Waals surface area contributed by atoms with Crippen molar-refractivity contribution in [3.8, 4) is 5.75 Å². The van der Waals surface area contributed by atoms with Crippen LogP contribution in [0.3, 0.4) is 0 Å². The van der Waals surface area contributed by atoms with Crippen molar-refractivity contribution in [2.45, 2.75) is 5.51 Å². The van der Waals surface area contributed by atoms with Gasteiger partial charge in [0.15, 0.2) is 5.75 Å². The molecule has 0 aliphatic heterocycles. The summed E-state index contributed by atoms with van der Waals surface area (Å²) < 4.78 is 63.1. The molecule has 20 heavy (non-hydrogen) atoms. The molecule has 2 aromatic heterocycles. The van der Waals surface area contributed by atoms with Crippen molar-refractivity contribution in [3.05, 3.63) is 36.2 Å². The maximum absolute atomic E-state index is 12.2. The number of fused-ring (bicyclic) bond motifs is 1. The van der Waals surface area contributed by atoms with Crippen LogP contribution in [0.5, 0.6) is 5.75 Å². The van der Waals surface area contributed by atoms with Crippen LogP contribution in [-0.4, -0.2) is 29.4 Å². The summed E-state index contributed by atoms with van der Waals surface area (Å²) in [5, 5.41) is 8.86. The van der Waals surface area contributed by atoms with Crippen LogP contribution in [0, 0.1) is 0 Å². The first-order valence-corrected chi connectivity index (χ1v) is 6.38. The molecule has 0 radical (unpaired) electrons. The first-order valence-electron chi connectivity index (χ1n) is 4.97. The van der Waals surface area contributed by atoms with Gasteiger partial charge in [0.25, 0.3) is 0 Å². The van der Waals surface area contributed by atoms with Crippen molar-refractivity contribution >= 4 is 21.6 Å². The van der Waals surface area contributed by atoms with E-state index in [1.165, 1.54) is 18.2 Å². The number of hydrogen-bond donors (Lipinski definition) is 1. The molecule has 0 unspecified atom stereocenters. The second-order valence-corrected chi connectivity index (χ2v) is 5.20. The molecule has 6 nitrogen and oxygen atoms in total. The van der Waals surface area contributed by atoms with Gasteiger partial charge >= 0.3 is 21.6 Å². The van der Waals surface area contributed by atoms with Crippen molar-refractivity contribution < 1.29 is 35.7 Å². The third-order valence-corrected chi connectivity index (χ3v) is 3.31. The lowest BCUT2D eigenvalue weighted by molar-refractivity contribution is -0.0500. The minimum absolute atomic E-state index is 0.241. The largest absolute Gasteiger partial charge is 0.534 e. The number of pyridine rings is 1. The van der Waals surface area contributed by atoms with Crippen molar-refractivity contribution in [2.75, 3.05) is 0 Å². The molecule has 0 aromatic carbocycles. The fraction of sp³-hybridized carbons (Fsp3) is 0.100. The molecular formula is C10H6F3NO5S. The van der Waals surface area contributed by atoms with Gasteiger partial charge in [-0.25, -0.2) is 4.79 Å². The summed E-state index contributed by atoms with van der Waals surface area (Å²) >= 11 is 0. The topological polar surface area (TPSA) is 85.1 Å². The van der Waals surface area contributed by atoms with Crippen LogP contribution < -0.4 is 4.18 Å². The average molecular weight is 309 g/mol. The summed E-state index contributed by atoms with van der Waals surface area (Å²) in [6.45, 7) is 0. The number of rotatable bonds is 3. The van der Waals surface area contributed by atoms with Crippen LogP contribution >= 0.6 is 0 Å². The van der Waals surface area contributed by atoms with Crippen LogP contribution in [-0.2, 0) is 10.1 Å². The Kier molecular flexibility index (Phi) is 3.12.